The highest BCUT2D eigenvalue weighted by Gasteiger charge is 2.26. The molecule has 1 amide bonds. The van der Waals surface area contributed by atoms with Gasteiger partial charge >= 0.3 is 13.6 Å². The number of rotatable bonds is 9. The summed E-state index contributed by atoms with van der Waals surface area (Å²) >= 11 is 0. The molecule has 0 aliphatic carbocycles. The number of nitrogens with one attached hydrogen (secondary N) is 1. The summed E-state index contributed by atoms with van der Waals surface area (Å²) in [5.41, 5.74) is 1.84. The van der Waals surface area contributed by atoms with Crippen LogP contribution in [0.25, 0.3) is 0 Å². The van der Waals surface area contributed by atoms with Crippen LogP contribution in [0.4, 0.5) is 5.69 Å². The predicted molar refractivity (Wildman–Crippen MR) is 90.8 cm³/mol. The molecule has 0 radical (unpaired) electrons. The zero-order valence-electron chi connectivity index (χ0n) is 14.5. The molecule has 8 heteroatoms. The van der Waals surface area contributed by atoms with E-state index in [0.717, 1.165) is 0 Å². The van der Waals surface area contributed by atoms with Gasteiger partial charge in [-0.15, -0.1) is 0 Å². The van der Waals surface area contributed by atoms with Crippen LogP contribution >= 0.6 is 7.60 Å². The molecule has 1 N–H and O–H groups in total. The maximum Gasteiger partial charge on any atom is 0.335 e. The molecule has 0 aliphatic heterocycles. The largest absolute Gasteiger partial charge is 0.461 e. The highest BCUT2D eigenvalue weighted by atomic mass is 31.2. The molecule has 0 heterocycles. The van der Waals surface area contributed by atoms with Crippen LogP contribution < -0.4 is 5.32 Å². The van der Waals surface area contributed by atoms with E-state index in [-0.39, 0.29) is 31.9 Å². The molecule has 24 heavy (non-hydrogen) atoms. The van der Waals surface area contributed by atoms with Gasteiger partial charge in [0.15, 0.2) is 0 Å². The molecule has 0 aliphatic rings. The van der Waals surface area contributed by atoms with Crippen LogP contribution in [0.15, 0.2) is 18.2 Å². The lowest BCUT2D eigenvalue weighted by atomic mass is 10.1. The molecular weight excluding hydrogens is 333 g/mol. The van der Waals surface area contributed by atoms with Crippen molar-refractivity contribution in [2.24, 2.45) is 0 Å². The van der Waals surface area contributed by atoms with Crippen molar-refractivity contribution in [2.75, 3.05) is 18.5 Å². The lowest BCUT2D eigenvalue weighted by Gasteiger charge is -2.19. The number of amides is 1. The van der Waals surface area contributed by atoms with Crippen LogP contribution in [0.3, 0.4) is 0 Å². The molecule has 134 valence electrons. The summed E-state index contributed by atoms with van der Waals surface area (Å²) in [5, 5.41) is 2.69. The summed E-state index contributed by atoms with van der Waals surface area (Å²) in [5.74, 6) is -0.636. The maximum atomic E-state index is 12.8. The monoisotopic (exact) mass is 357 g/mol. The van der Waals surface area contributed by atoms with Gasteiger partial charge in [0.1, 0.15) is 6.61 Å². The number of anilines is 1. The van der Waals surface area contributed by atoms with Gasteiger partial charge in [-0.05, 0) is 37.1 Å². The third kappa shape index (κ3) is 6.83. The summed E-state index contributed by atoms with van der Waals surface area (Å²) in [7, 11) is -3.33. The molecule has 0 unspecified atom stereocenters. The number of carbonyl (C=O) groups excluding carboxylic acids is 2. The fraction of sp³-hybridized carbons (Fsp3) is 0.500. The van der Waals surface area contributed by atoms with Gasteiger partial charge in [0.25, 0.3) is 0 Å². The third-order valence-corrected chi connectivity index (χ3v) is 4.97. The van der Waals surface area contributed by atoms with Gasteiger partial charge in [-0.1, -0.05) is 6.07 Å². The van der Waals surface area contributed by atoms with Crippen molar-refractivity contribution in [1.29, 1.82) is 0 Å². The van der Waals surface area contributed by atoms with Gasteiger partial charge in [-0.3, -0.25) is 14.2 Å². The third-order valence-electron chi connectivity index (χ3n) is 2.94. The van der Waals surface area contributed by atoms with Crippen molar-refractivity contribution in [1.82, 2.24) is 0 Å². The number of hydrogen-bond donors (Lipinski definition) is 1. The van der Waals surface area contributed by atoms with E-state index in [9.17, 15) is 14.2 Å². The van der Waals surface area contributed by atoms with Crippen molar-refractivity contribution < 1.29 is 27.9 Å². The lowest BCUT2D eigenvalue weighted by Crippen LogP contribution is -2.10. The van der Waals surface area contributed by atoms with Gasteiger partial charge in [0.2, 0.25) is 5.91 Å². The van der Waals surface area contributed by atoms with E-state index in [2.05, 4.69) is 5.32 Å². The van der Waals surface area contributed by atoms with Crippen LogP contribution in [0, 0.1) is 0 Å². The molecule has 7 nitrogen and oxygen atoms in total. The van der Waals surface area contributed by atoms with E-state index in [1.165, 1.54) is 13.8 Å². The van der Waals surface area contributed by atoms with E-state index in [4.69, 9.17) is 13.8 Å². The Labute approximate surface area is 142 Å². The first kappa shape index (κ1) is 20.4. The van der Waals surface area contributed by atoms with Gasteiger partial charge in [-0.2, -0.15) is 0 Å². The lowest BCUT2D eigenvalue weighted by molar-refractivity contribution is -0.142. The predicted octanol–water partition coefficient (Wildman–Crippen LogP) is 3.47. The second-order valence-corrected chi connectivity index (χ2v) is 7.11. The molecule has 1 aromatic carbocycles. The van der Waals surface area contributed by atoms with Crippen molar-refractivity contribution >= 4 is 25.2 Å². The maximum absolute atomic E-state index is 12.8. The topological polar surface area (TPSA) is 90.9 Å². The van der Waals surface area contributed by atoms with Crippen LogP contribution in [-0.2, 0) is 40.7 Å². The molecule has 0 saturated carbocycles. The van der Waals surface area contributed by atoms with E-state index in [1.807, 2.05) is 0 Å². The molecule has 0 atom stereocenters. The Hall–Kier alpha value is -1.69. The summed E-state index contributed by atoms with van der Waals surface area (Å²) in [4.78, 5) is 22.3. The average Bonchev–Trinajstić information content (AvgIpc) is 2.47. The second-order valence-electron chi connectivity index (χ2n) is 5.06. The Bertz CT molecular complexity index is 621. The Morgan fingerprint density at radius 1 is 1.12 bits per heavy atom. The highest BCUT2D eigenvalue weighted by Crippen LogP contribution is 2.52. The van der Waals surface area contributed by atoms with Gasteiger partial charge in [-0.25, -0.2) is 0 Å². The number of esters is 1. The average molecular weight is 357 g/mol. The number of hydrogen-bond acceptors (Lipinski definition) is 6. The molecule has 0 aromatic heterocycles. The Morgan fingerprint density at radius 3 is 2.25 bits per heavy atom. The molecule has 0 saturated heterocycles. The normalized spacial score (nSPS) is 11.2. The summed E-state index contributed by atoms with van der Waals surface area (Å²) in [6.45, 7) is 6.78. The minimum atomic E-state index is -3.33. The van der Waals surface area contributed by atoms with Crippen LogP contribution in [0.2, 0.25) is 0 Å². The van der Waals surface area contributed by atoms with E-state index >= 15 is 0 Å². The Morgan fingerprint density at radius 2 is 1.75 bits per heavy atom. The molecule has 0 fully saturated rings. The molecular formula is C16H24NO6P. The fourth-order valence-corrected chi connectivity index (χ4v) is 3.82. The summed E-state index contributed by atoms with van der Waals surface area (Å²) in [6, 6.07) is 5.13. The number of carbonyl (C=O) groups is 2. The highest BCUT2D eigenvalue weighted by molar-refractivity contribution is 7.53. The number of ether oxygens (including phenoxy) is 1. The SMILES string of the molecule is CCOP(=O)(Cc1cc(COC(C)=O)ccc1NC(C)=O)OCC. The first-order valence-corrected chi connectivity index (χ1v) is 9.43. The molecule has 0 bridgehead atoms. The summed E-state index contributed by atoms with van der Waals surface area (Å²) < 4.78 is 28.3. The van der Waals surface area contributed by atoms with E-state index in [1.54, 1.807) is 32.0 Å². The Kier molecular flexibility index (Phi) is 8.11. The second kappa shape index (κ2) is 9.57. The standard InChI is InChI=1S/C16H24NO6P/c1-5-22-24(20,23-6-2)11-15-9-14(10-21-13(4)19)7-8-16(15)17-12(3)18/h7-9H,5-6,10-11H2,1-4H3,(H,17,18). The van der Waals surface area contributed by atoms with E-state index < -0.39 is 13.6 Å². The van der Waals surface area contributed by atoms with Crippen LogP contribution in [0.5, 0.6) is 0 Å². The zero-order chi connectivity index (χ0) is 18.2. The van der Waals surface area contributed by atoms with Crippen molar-refractivity contribution in [3.05, 3.63) is 29.3 Å². The smallest absolute Gasteiger partial charge is 0.335 e. The summed E-state index contributed by atoms with van der Waals surface area (Å²) in [6.07, 6.45) is 0.0121. The van der Waals surface area contributed by atoms with Gasteiger partial charge in [0, 0.05) is 19.5 Å². The fourth-order valence-electron chi connectivity index (χ4n) is 2.09. The first-order valence-electron chi connectivity index (χ1n) is 7.70. The van der Waals surface area contributed by atoms with Crippen LogP contribution in [0.1, 0.15) is 38.8 Å². The molecule has 1 aromatic rings. The first-order chi connectivity index (χ1) is 11.3. The van der Waals surface area contributed by atoms with Crippen LogP contribution in [-0.4, -0.2) is 25.1 Å². The van der Waals surface area contributed by atoms with Crippen molar-refractivity contribution in [3.63, 3.8) is 0 Å². The molecule has 0 spiro atoms. The zero-order valence-corrected chi connectivity index (χ0v) is 15.4. The minimum Gasteiger partial charge on any atom is -0.461 e. The van der Waals surface area contributed by atoms with Crippen molar-refractivity contribution in [3.8, 4) is 0 Å². The van der Waals surface area contributed by atoms with Crippen molar-refractivity contribution in [2.45, 2.75) is 40.5 Å². The molecule has 1 rings (SSSR count). The minimum absolute atomic E-state index is 0.0121. The number of benzene rings is 1. The Balaban J connectivity index is 3.13. The quantitative estimate of drug-likeness (QED) is 0.537. The van der Waals surface area contributed by atoms with Gasteiger partial charge < -0.3 is 19.1 Å². The van der Waals surface area contributed by atoms with E-state index in [0.29, 0.717) is 16.8 Å². The van der Waals surface area contributed by atoms with Gasteiger partial charge in [0.05, 0.1) is 19.4 Å².